The smallest absolute Gasteiger partial charge is 0.434 e. The van der Waals surface area contributed by atoms with Crippen LogP contribution < -0.4 is 19.6 Å². The van der Waals surface area contributed by atoms with Gasteiger partial charge in [0.1, 0.15) is 12.4 Å². The zero-order valence-electron chi connectivity index (χ0n) is 22.4. The number of benzene rings is 3. The van der Waals surface area contributed by atoms with E-state index in [9.17, 15) is 22.8 Å². The SMILES string of the molecule is CCOC(=O)C1=C(C(F)(F)F)N=c2s/c(=C\c3cc(Cl)cc(Br)c3OCc3cccc(Cl)c3)c(=O)n2[C@@H]1c1ccc(Cl)cc1. The lowest BCUT2D eigenvalue weighted by atomic mass is 9.95. The van der Waals surface area contributed by atoms with Gasteiger partial charge in [-0.05, 0) is 76.5 Å². The molecule has 228 valence electrons. The molecule has 6 nitrogen and oxygen atoms in total. The van der Waals surface area contributed by atoms with Gasteiger partial charge >= 0.3 is 12.1 Å². The number of thiazole rings is 1. The number of esters is 1. The van der Waals surface area contributed by atoms with Crippen molar-refractivity contribution in [2.75, 3.05) is 6.61 Å². The van der Waals surface area contributed by atoms with Crippen molar-refractivity contribution in [3.05, 3.63) is 128 Å². The second-order valence-corrected chi connectivity index (χ2v) is 12.5. The number of halogens is 7. The number of ether oxygens (including phenoxy) is 2. The first kappa shape index (κ1) is 32.3. The highest BCUT2D eigenvalue weighted by Gasteiger charge is 2.45. The van der Waals surface area contributed by atoms with Gasteiger partial charge in [-0.3, -0.25) is 9.36 Å². The van der Waals surface area contributed by atoms with Gasteiger partial charge in [0.25, 0.3) is 5.56 Å². The lowest BCUT2D eigenvalue weighted by molar-refractivity contribution is -0.140. The van der Waals surface area contributed by atoms with E-state index >= 15 is 0 Å². The second kappa shape index (κ2) is 13.1. The fraction of sp³-hybridized carbons (Fsp3) is 0.167. The Morgan fingerprint density at radius 3 is 2.45 bits per heavy atom. The Bertz CT molecular complexity index is 1980. The summed E-state index contributed by atoms with van der Waals surface area (Å²) in [4.78, 5) is 30.5. The number of aromatic nitrogens is 1. The van der Waals surface area contributed by atoms with Gasteiger partial charge < -0.3 is 9.47 Å². The monoisotopic (exact) mass is 744 g/mol. The Hall–Kier alpha value is -3.09. The highest BCUT2D eigenvalue weighted by molar-refractivity contribution is 9.10. The Balaban J connectivity index is 1.71. The van der Waals surface area contributed by atoms with Crippen molar-refractivity contribution in [1.82, 2.24) is 4.57 Å². The van der Waals surface area contributed by atoms with Gasteiger partial charge in [0.05, 0.1) is 27.2 Å². The summed E-state index contributed by atoms with van der Waals surface area (Å²) in [5, 5.41) is 1.16. The lowest BCUT2D eigenvalue weighted by Crippen LogP contribution is -2.41. The Morgan fingerprint density at radius 2 is 1.80 bits per heavy atom. The summed E-state index contributed by atoms with van der Waals surface area (Å²) in [6, 6.07) is 14.5. The maximum Gasteiger partial charge on any atom is 0.434 e. The van der Waals surface area contributed by atoms with Crippen molar-refractivity contribution in [2.45, 2.75) is 25.7 Å². The van der Waals surface area contributed by atoms with Crippen molar-refractivity contribution in [2.24, 2.45) is 4.99 Å². The van der Waals surface area contributed by atoms with Crippen LogP contribution >= 0.6 is 62.1 Å². The van der Waals surface area contributed by atoms with E-state index in [-0.39, 0.29) is 28.1 Å². The van der Waals surface area contributed by atoms with Crippen LogP contribution in [0.1, 0.15) is 29.7 Å². The summed E-state index contributed by atoms with van der Waals surface area (Å²) in [6.45, 7) is 1.40. The molecule has 0 radical (unpaired) electrons. The summed E-state index contributed by atoms with van der Waals surface area (Å²) in [7, 11) is 0. The zero-order chi connectivity index (χ0) is 31.8. The number of carbonyl (C=O) groups is 1. The van der Waals surface area contributed by atoms with Gasteiger partial charge in [-0.2, -0.15) is 13.2 Å². The molecular weight excluding hydrogens is 728 g/mol. The highest BCUT2D eigenvalue weighted by atomic mass is 79.9. The molecule has 0 fully saturated rings. The number of carbonyl (C=O) groups excluding carboxylic acids is 1. The first-order valence-corrected chi connectivity index (χ1v) is 15.5. The second-order valence-electron chi connectivity index (χ2n) is 9.34. The van der Waals surface area contributed by atoms with Gasteiger partial charge in [-0.1, -0.05) is 70.4 Å². The predicted molar refractivity (Wildman–Crippen MR) is 167 cm³/mol. The van der Waals surface area contributed by atoms with Gasteiger partial charge in [-0.15, -0.1) is 0 Å². The summed E-state index contributed by atoms with van der Waals surface area (Å²) in [6.07, 6.45) is -3.57. The summed E-state index contributed by atoms with van der Waals surface area (Å²) >= 11 is 22.6. The standard InChI is InChI=1S/C30H19BrCl3F3N2O4S/c1-2-42-28(41)23-24(16-6-8-18(32)9-7-16)39-27(40)22(44-29(39)38-26(23)30(35,36)37)12-17-11-20(34)13-21(31)25(17)43-14-15-4-3-5-19(33)10-15/h3-13,24H,2,14H2,1H3/b22-12-/t24-/m1/s1. The van der Waals surface area contributed by atoms with Crippen LogP contribution in [0.3, 0.4) is 0 Å². The quantitative estimate of drug-likeness (QED) is 0.183. The van der Waals surface area contributed by atoms with Crippen LogP contribution in [0.15, 0.2) is 86.2 Å². The van der Waals surface area contributed by atoms with Crippen LogP contribution in [-0.4, -0.2) is 23.3 Å². The predicted octanol–water partition coefficient (Wildman–Crippen LogP) is 7.64. The van der Waals surface area contributed by atoms with Crippen molar-refractivity contribution in [3.8, 4) is 5.75 Å². The summed E-state index contributed by atoms with van der Waals surface area (Å²) in [5.74, 6) is -0.911. The average Bonchev–Trinajstić information content (AvgIpc) is 3.26. The molecule has 0 amide bonds. The van der Waals surface area contributed by atoms with Crippen molar-refractivity contribution in [1.29, 1.82) is 0 Å². The van der Waals surface area contributed by atoms with E-state index in [1.807, 2.05) is 6.07 Å². The molecule has 0 aliphatic carbocycles. The number of rotatable bonds is 7. The Labute approximate surface area is 275 Å². The third-order valence-electron chi connectivity index (χ3n) is 6.38. The molecule has 1 aliphatic heterocycles. The minimum atomic E-state index is -5.03. The number of alkyl halides is 3. The van der Waals surface area contributed by atoms with E-state index in [1.165, 1.54) is 37.3 Å². The van der Waals surface area contributed by atoms with E-state index in [4.69, 9.17) is 44.3 Å². The summed E-state index contributed by atoms with van der Waals surface area (Å²) in [5.41, 5.74) is -1.58. The van der Waals surface area contributed by atoms with Gasteiger partial charge in [0.2, 0.25) is 0 Å². The third-order valence-corrected chi connectivity index (χ3v) is 8.65. The van der Waals surface area contributed by atoms with Crippen molar-refractivity contribution >= 4 is 74.1 Å². The molecule has 44 heavy (non-hydrogen) atoms. The fourth-order valence-electron chi connectivity index (χ4n) is 4.56. The maximum absolute atomic E-state index is 14.4. The molecule has 0 spiro atoms. The first-order valence-electron chi connectivity index (χ1n) is 12.8. The normalized spacial score (nSPS) is 15.2. The van der Waals surface area contributed by atoms with Gasteiger partial charge in [-0.25, -0.2) is 9.79 Å². The molecule has 1 aliphatic rings. The molecular formula is C30H19BrCl3F3N2O4S. The number of hydrogen-bond acceptors (Lipinski definition) is 6. The van der Waals surface area contributed by atoms with Crippen LogP contribution in [-0.2, 0) is 16.1 Å². The molecule has 0 N–H and O–H groups in total. The highest BCUT2D eigenvalue weighted by Crippen LogP contribution is 2.39. The number of hydrogen-bond donors (Lipinski definition) is 0. The van der Waals surface area contributed by atoms with Gasteiger partial charge in [0.15, 0.2) is 10.5 Å². The van der Waals surface area contributed by atoms with Gasteiger partial charge in [0, 0.05) is 20.6 Å². The van der Waals surface area contributed by atoms with Crippen molar-refractivity contribution in [3.63, 3.8) is 0 Å². The van der Waals surface area contributed by atoms with E-state index in [0.29, 0.717) is 30.9 Å². The third kappa shape index (κ3) is 6.77. The molecule has 4 aromatic rings. The molecule has 5 rings (SSSR count). The molecule has 1 atom stereocenters. The first-order chi connectivity index (χ1) is 20.9. The molecule has 3 aromatic carbocycles. The Morgan fingerprint density at radius 1 is 1.07 bits per heavy atom. The summed E-state index contributed by atoms with van der Waals surface area (Å²) < 4.78 is 55.7. The van der Waals surface area contributed by atoms with Crippen molar-refractivity contribution < 1.29 is 27.4 Å². The molecule has 0 saturated carbocycles. The molecule has 14 heteroatoms. The Kier molecular flexibility index (Phi) is 9.62. The molecule has 0 unspecified atom stereocenters. The van der Waals surface area contributed by atoms with E-state index in [2.05, 4.69) is 20.9 Å². The zero-order valence-corrected chi connectivity index (χ0v) is 27.1. The fourth-order valence-corrected chi connectivity index (χ4v) is 6.84. The van der Waals surface area contributed by atoms with Crippen LogP contribution in [0, 0.1) is 0 Å². The van der Waals surface area contributed by atoms with Crippen LogP contribution in [0.25, 0.3) is 6.08 Å². The largest absolute Gasteiger partial charge is 0.487 e. The number of allylic oxidation sites excluding steroid dienone is 1. The van der Waals surface area contributed by atoms with E-state index < -0.39 is 35.0 Å². The lowest BCUT2D eigenvalue weighted by Gasteiger charge is -2.26. The number of nitrogens with zero attached hydrogens (tertiary/aromatic N) is 2. The minimum absolute atomic E-state index is 0.0242. The average molecular weight is 747 g/mol. The minimum Gasteiger partial charge on any atom is -0.487 e. The van der Waals surface area contributed by atoms with E-state index in [0.717, 1.165) is 21.5 Å². The molecule has 1 aromatic heterocycles. The van der Waals surface area contributed by atoms with E-state index in [1.54, 1.807) is 30.3 Å². The molecule has 0 saturated heterocycles. The maximum atomic E-state index is 14.4. The molecule has 0 bridgehead atoms. The molecule has 2 heterocycles. The van der Waals surface area contributed by atoms with Crippen LogP contribution in [0.5, 0.6) is 5.75 Å². The number of fused-ring (bicyclic) bond motifs is 1. The topological polar surface area (TPSA) is 69.9 Å². The van der Waals surface area contributed by atoms with Crippen LogP contribution in [0.2, 0.25) is 15.1 Å². The van der Waals surface area contributed by atoms with Crippen LogP contribution in [0.4, 0.5) is 13.2 Å².